The molecule has 1 aromatic rings. The van der Waals surface area contributed by atoms with E-state index in [1.165, 1.54) is 11.3 Å². The van der Waals surface area contributed by atoms with Crippen molar-refractivity contribution in [1.82, 2.24) is 10.6 Å². The van der Waals surface area contributed by atoms with E-state index in [0.717, 1.165) is 4.88 Å². The summed E-state index contributed by atoms with van der Waals surface area (Å²) in [6.07, 6.45) is -0.470. The molecule has 0 aliphatic carbocycles. The summed E-state index contributed by atoms with van der Waals surface area (Å²) in [4.78, 5) is 23.3. The first-order chi connectivity index (χ1) is 9.78. The van der Waals surface area contributed by atoms with E-state index in [4.69, 9.17) is 9.84 Å². The lowest BCUT2D eigenvalue weighted by atomic mass is 10.1. The molecule has 0 saturated carbocycles. The second-order valence-electron chi connectivity index (χ2n) is 5.55. The molecule has 6 nitrogen and oxygen atoms in total. The number of ether oxygens (including phenoxy) is 1. The smallest absolute Gasteiger partial charge is 0.407 e. The molecule has 0 spiro atoms. The maximum absolute atomic E-state index is 11.5. The summed E-state index contributed by atoms with van der Waals surface area (Å²) in [6.45, 7) is 6.23. The first-order valence-electron chi connectivity index (χ1n) is 6.73. The van der Waals surface area contributed by atoms with Gasteiger partial charge in [-0.05, 0) is 32.2 Å². The minimum atomic E-state index is -0.860. The fraction of sp³-hybridized carbons (Fsp3) is 0.571. The number of hydrogen-bond acceptors (Lipinski definition) is 5. The van der Waals surface area contributed by atoms with Crippen molar-refractivity contribution in [3.8, 4) is 0 Å². The highest BCUT2D eigenvalue weighted by Gasteiger charge is 2.17. The molecule has 0 aliphatic rings. The molecule has 1 aromatic heterocycles. The van der Waals surface area contributed by atoms with Gasteiger partial charge in [-0.15, -0.1) is 11.3 Å². The Morgan fingerprint density at radius 2 is 2.10 bits per heavy atom. The molecule has 1 atom stereocenters. The average Bonchev–Trinajstić information content (AvgIpc) is 2.83. The van der Waals surface area contributed by atoms with Crippen LogP contribution in [0, 0.1) is 0 Å². The molecular formula is C14H22N2O4S. The molecule has 118 valence electrons. The highest BCUT2D eigenvalue weighted by atomic mass is 32.1. The normalized spacial score (nSPS) is 12.7. The van der Waals surface area contributed by atoms with Crippen LogP contribution in [0.3, 0.4) is 0 Å². The monoisotopic (exact) mass is 314 g/mol. The van der Waals surface area contributed by atoms with Crippen LogP contribution in [0.4, 0.5) is 4.79 Å². The van der Waals surface area contributed by atoms with Crippen molar-refractivity contribution < 1.29 is 19.4 Å². The number of nitrogens with one attached hydrogen (secondary N) is 2. The lowest BCUT2D eigenvalue weighted by molar-refractivity contribution is -0.137. The minimum Gasteiger partial charge on any atom is -0.481 e. The van der Waals surface area contributed by atoms with E-state index in [1.54, 1.807) is 20.8 Å². The molecule has 0 saturated heterocycles. The zero-order valence-corrected chi connectivity index (χ0v) is 13.3. The van der Waals surface area contributed by atoms with Crippen LogP contribution in [0.1, 0.15) is 38.1 Å². The van der Waals surface area contributed by atoms with Gasteiger partial charge < -0.3 is 20.5 Å². The number of alkyl carbamates (subject to hydrolysis) is 1. The van der Waals surface area contributed by atoms with Crippen molar-refractivity contribution in [2.24, 2.45) is 0 Å². The average molecular weight is 314 g/mol. The second kappa shape index (κ2) is 7.99. The fourth-order valence-electron chi connectivity index (χ4n) is 1.66. The number of carbonyl (C=O) groups excluding carboxylic acids is 1. The maximum atomic E-state index is 11.5. The summed E-state index contributed by atoms with van der Waals surface area (Å²) < 4.78 is 5.11. The maximum Gasteiger partial charge on any atom is 0.407 e. The van der Waals surface area contributed by atoms with E-state index < -0.39 is 17.7 Å². The molecule has 1 heterocycles. The Kier molecular flexibility index (Phi) is 6.64. The van der Waals surface area contributed by atoms with E-state index >= 15 is 0 Å². The molecule has 0 bridgehead atoms. The minimum absolute atomic E-state index is 0.00690. The lowest BCUT2D eigenvalue weighted by Crippen LogP contribution is -2.37. The summed E-state index contributed by atoms with van der Waals surface area (Å²) >= 11 is 1.51. The summed E-state index contributed by atoms with van der Waals surface area (Å²) in [7, 11) is 0. The van der Waals surface area contributed by atoms with Gasteiger partial charge in [0, 0.05) is 18.0 Å². The van der Waals surface area contributed by atoms with Gasteiger partial charge in [0.2, 0.25) is 0 Å². The number of hydrogen-bond donors (Lipinski definition) is 3. The third kappa shape index (κ3) is 7.67. The number of aliphatic carboxylic acids is 1. The molecular weight excluding hydrogens is 292 g/mol. The number of amides is 1. The molecule has 1 rings (SSSR count). The van der Waals surface area contributed by atoms with Gasteiger partial charge in [-0.2, -0.15) is 0 Å². The van der Waals surface area contributed by atoms with Gasteiger partial charge >= 0.3 is 12.1 Å². The van der Waals surface area contributed by atoms with Crippen molar-refractivity contribution >= 4 is 23.4 Å². The Bertz CT molecular complexity index is 454. The van der Waals surface area contributed by atoms with E-state index in [-0.39, 0.29) is 12.5 Å². The first kappa shape index (κ1) is 17.5. The molecule has 7 heteroatoms. The number of carboxylic acids is 1. The van der Waals surface area contributed by atoms with Crippen LogP contribution in [0.5, 0.6) is 0 Å². The fourth-order valence-corrected chi connectivity index (χ4v) is 2.46. The summed E-state index contributed by atoms with van der Waals surface area (Å²) in [5.41, 5.74) is -0.527. The predicted molar refractivity (Wildman–Crippen MR) is 81.6 cm³/mol. The van der Waals surface area contributed by atoms with E-state index in [9.17, 15) is 9.59 Å². The third-order valence-corrected chi connectivity index (χ3v) is 3.44. The highest BCUT2D eigenvalue weighted by molar-refractivity contribution is 7.10. The van der Waals surface area contributed by atoms with Gasteiger partial charge in [-0.3, -0.25) is 4.79 Å². The van der Waals surface area contributed by atoms with Gasteiger partial charge in [0.25, 0.3) is 0 Å². The Hall–Kier alpha value is -1.60. The summed E-state index contributed by atoms with van der Waals surface area (Å²) in [5, 5.41) is 16.6. The molecule has 0 aliphatic heterocycles. The van der Waals surface area contributed by atoms with Gasteiger partial charge in [0.1, 0.15) is 5.60 Å². The molecule has 0 aromatic carbocycles. The van der Waals surface area contributed by atoms with Crippen molar-refractivity contribution in [2.45, 2.75) is 38.8 Å². The predicted octanol–water partition coefficient (Wildman–Crippen LogP) is 2.38. The van der Waals surface area contributed by atoms with Crippen LogP contribution in [0.25, 0.3) is 0 Å². The van der Waals surface area contributed by atoms with Gasteiger partial charge in [-0.25, -0.2) is 4.79 Å². The standard InChI is InChI=1S/C14H22N2O4S/c1-14(2,3)20-13(19)16-7-6-15-10(9-12(17)18)11-5-4-8-21-11/h4-5,8,10,15H,6-7,9H2,1-3H3,(H,16,19)(H,17,18). The van der Waals surface area contributed by atoms with Crippen LogP contribution < -0.4 is 10.6 Å². The van der Waals surface area contributed by atoms with E-state index in [0.29, 0.717) is 13.1 Å². The highest BCUT2D eigenvalue weighted by Crippen LogP contribution is 2.21. The van der Waals surface area contributed by atoms with Gasteiger partial charge in [0.15, 0.2) is 0 Å². The Morgan fingerprint density at radius 1 is 1.38 bits per heavy atom. The molecule has 1 unspecified atom stereocenters. The molecule has 0 fully saturated rings. The SMILES string of the molecule is CC(C)(C)OC(=O)NCCNC(CC(=O)O)c1cccs1. The number of carbonyl (C=O) groups is 2. The molecule has 1 amide bonds. The number of rotatable bonds is 7. The van der Waals surface area contributed by atoms with Gasteiger partial charge in [0.05, 0.1) is 12.5 Å². The van der Waals surface area contributed by atoms with E-state index in [1.807, 2.05) is 17.5 Å². The topological polar surface area (TPSA) is 87.7 Å². The number of thiophene rings is 1. The quantitative estimate of drug-likeness (QED) is 0.673. The second-order valence-corrected chi connectivity index (χ2v) is 6.53. The summed E-state index contributed by atoms with van der Waals surface area (Å²) in [6, 6.07) is 3.53. The van der Waals surface area contributed by atoms with E-state index in [2.05, 4.69) is 10.6 Å². The van der Waals surface area contributed by atoms with Gasteiger partial charge in [-0.1, -0.05) is 6.07 Å². The summed E-state index contributed by atoms with van der Waals surface area (Å²) in [5.74, 6) is -0.860. The van der Waals surface area contributed by atoms with Crippen LogP contribution in [-0.2, 0) is 9.53 Å². The zero-order chi connectivity index (χ0) is 15.9. The largest absolute Gasteiger partial charge is 0.481 e. The van der Waals surface area contributed by atoms with Crippen LogP contribution in [0.15, 0.2) is 17.5 Å². The molecule has 21 heavy (non-hydrogen) atoms. The zero-order valence-electron chi connectivity index (χ0n) is 12.5. The first-order valence-corrected chi connectivity index (χ1v) is 7.61. The lowest BCUT2D eigenvalue weighted by Gasteiger charge is -2.20. The van der Waals surface area contributed by atoms with Crippen molar-refractivity contribution in [1.29, 1.82) is 0 Å². The van der Waals surface area contributed by atoms with Crippen LogP contribution in [0.2, 0.25) is 0 Å². The Balaban J connectivity index is 2.34. The Morgan fingerprint density at radius 3 is 2.62 bits per heavy atom. The van der Waals surface area contributed by atoms with Crippen molar-refractivity contribution in [3.05, 3.63) is 22.4 Å². The van der Waals surface area contributed by atoms with Crippen LogP contribution >= 0.6 is 11.3 Å². The third-order valence-electron chi connectivity index (χ3n) is 2.45. The van der Waals surface area contributed by atoms with Crippen molar-refractivity contribution in [3.63, 3.8) is 0 Å². The molecule has 3 N–H and O–H groups in total. The van der Waals surface area contributed by atoms with Crippen LogP contribution in [-0.4, -0.2) is 35.9 Å². The molecule has 0 radical (unpaired) electrons. The Labute approximate surface area is 128 Å². The number of carboxylic acid groups (broad SMARTS) is 1. The van der Waals surface area contributed by atoms with Crippen molar-refractivity contribution in [2.75, 3.05) is 13.1 Å².